The molecule has 1 saturated heterocycles. The molecule has 11 heteroatoms. The zero-order chi connectivity index (χ0) is 25.1. The van der Waals surface area contributed by atoms with Crippen LogP contribution in [0.3, 0.4) is 0 Å². The van der Waals surface area contributed by atoms with Gasteiger partial charge in [0.05, 0.1) is 35.7 Å². The summed E-state index contributed by atoms with van der Waals surface area (Å²) >= 11 is 0. The Hall–Kier alpha value is -4.22. The molecule has 1 aliphatic heterocycles. The van der Waals surface area contributed by atoms with Crippen LogP contribution in [0.2, 0.25) is 0 Å². The first-order chi connectivity index (χ1) is 17.4. The monoisotopic (exact) mass is 489 g/mol. The van der Waals surface area contributed by atoms with Crippen LogP contribution in [0, 0.1) is 11.2 Å². The zero-order valence-corrected chi connectivity index (χ0v) is 19.7. The van der Waals surface area contributed by atoms with Gasteiger partial charge in [0.2, 0.25) is 18.1 Å². The Bertz CT molecular complexity index is 1350. The molecular formula is C25H24FN7O3. The van der Waals surface area contributed by atoms with Gasteiger partial charge < -0.3 is 25.1 Å². The minimum atomic E-state index is -0.899. The molecule has 0 bridgehead atoms. The van der Waals surface area contributed by atoms with Crippen molar-refractivity contribution in [2.75, 3.05) is 30.9 Å². The quantitative estimate of drug-likeness (QED) is 0.373. The number of hydrogen-bond donors (Lipinski definition) is 3. The van der Waals surface area contributed by atoms with E-state index < -0.39 is 11.7 Å². The van der Waals surface area contributed by atoms with E-state index in [0.29, 0.717) is 40.1 Å². The SMILES string of the molecule is CNc1nccc(-c2[nH]c(C3OCC(C)(C(=O)Nc4ccncc4)CO3)nc2-c2ccc(F)cc2)n1. The summed E-state index contributed by atoms with van der Waals surface area (Å²) in [5, 5.41) is 5.78. The second-order valence-corrected chi connectivity index (χ2v) is 8.57. The lowest BCUT2D eigenvalue weighted by Crippen LogP contribution is -2.45. The first-order valence-electron chi connectivity index (χ1n) is 11.3. The number of aromatic amines is 1. The van der Waals surface area contributed by atoms with Crippen molar-refractivity contribution in [1.82, 2.24) is 24.9 Å². The Balaban J connectivity index is 1.40. The summed E-state index contributed by atoms with van der Waals surface area (Å²) in [6.45, 7) is 2.01. The molecule has 10 nitrogen and oxygen atoms in total. The van der Waals surface area contributed by atoms with E-state index in [0.717, 1.165) is 0 Å². The maximum Gasteiger partial charge on any atom is 0.235 e. The van der Waals surface area contributed by atoms with Crippen molar-refractivity contribution in [2.24, 2.45) is 5.41 Å². The molecule has 0 atom stereocenters. The number of imidazole rings is 1. The van der Waals surface area contributed by atoms with Gasteiger partial charge >= 0.3 is 0 Å². The molecule has 1 fully saturated rings. The Morgan fingerprint density at radius 1 is 1.06 bits per heavy atom. The smallest absolute Gasteiger partial charge is 0.235 e. The lowest BCUT2D eigenvalue weighted by Gasteiger charge is -2.35. The largest absolute Gasteiger partial charge is 0.357 e. The Morgan fingerprint density at radius 3 is 2.47 bits per heavy atom. The fraction of sp³-hybridized carbons (Fsp3) is 0.240. The molecular weight excluding hydrogens is 465 g/mol. The number of halogens is 1. The Kier molecular flexibility index (Phi) is 6.40. The second-order valence-electron chi connectivity index (χ2n) is 8.57. The fourth-order valence-corrected chi connectivity index (χ4v) is 3.74. The molecule has 1 aliphatic rings. The highest BCUT2D eigenvalue weighted by Crippen LogP contribution is 2.36. The van der Waals surface area contributed by atoms with Crippen LogP contribution < -0.4 is 10.6 Å². The van der Waals surface area contributed by atoms with Gasteiger partial charge in [-0.2, -0.15) is 0 Å². The van der Waals surface area contributed by atoms with Crippen molar-refractivity contribution in [3.05, 3.63) is 72.7 Å². The number of amides is 1. The van der Waals surface area contributed by atoms with Gasteiger partial charge in [-0.15, -0.1) is 0 Å². The molecule has 0 saturated carbocycles. The number of pyridine rings is 1. The Morgan fingerprint density at radius 2 is 1.78 bits per heavy atom. The van der Waals surface area contributed by atoms with Crippen molar-refractivity contribution in [2.45, 2.75) is 13.2 Å². The van der Waals surface area contributed by atoms with Crippen LogP contribution in [-0.4, -0.2) is 51.1 Å². The van der Waals surface area contributed by atoms with Gasteiger partial charge in [-0.3, -0.25) is 9.78 Å². The van der Waals surface area contributed by atoms with Crippen molar-refractivity contribution in [3.63, 3.8) is 0 Å². The average Bonchev–Trinajstić information content (AvgIpc) is 3.35. The molecule has 1 amide bonds. The third-order valence-corrected chi connectivity index (χ3v) is 5.79. The van der Waals surface area contributed by atoms with Crippen molar-refractivity contribution >= 4 is 17.5 Å². The van der Waals surface area contributed by atoms with E-state index in [1.165, 1.54) is 12.1 Å². The molecule has 4 heterocycles. The number of H-pyrrole nitrogens is 1. The van der Waals surface area contributed by atoms with Gasteiger partial charge in [0.15, 0.2) is 5.82 Å². The van der Waals surface area contributed by atoms with Crippen molar-refractivity contribution < 1.29 is 18.7 Å². The molecule has 3 aromatic heterocycles. The molecule has 184 valence electrons. The topological polar surface area (TPSA) is 127 Å². The maximum absolute atomic E-state index is 13.6. The molecule has 5 rings (SSSR count). The summed E-state index contributed by atoms with van der Waals surface area (Å²) in [7, 11) is 1.73. The zero-order valence-electron chi connectivity index (χ0n) is 19.7. The molecule has 0 unspecified atom stereocenters. The van der Waals surface area contributed by atoms with E-state index in [9.17, 15) is 9.18 Å². The normalized spacial score (nSPS) is 19.6. The number of hydrogen-bond acceptors (Lipinski definition) is 8. The first kappa shape index (κ1) is 23.5. The molecule has 0 spiro atoms. The lowest BCUT2D eigenvalue weighted by atomic mass is 9.91. The molecule has 0 aliphatic carbocycles. The van der Waals surface area contributed by atoms with Gasteiger partial charge in [-0.05, 0) is 49.4 Å². The summed E-state index contributed by atoms with van der Waals surface area (Å²) in [6.07, 6.45) is 4.01. The fourth-order valence-electron chi connectivity index (χ4n) is 3.74. The number of carbonyl (C=O) groups excluding carboxylic acids is 1. The third kappa shape index (κ3) is 4.79. The first-order valence-corrected chi connectivity index (χ1v) is 11.3. The average molecular weight is 490 g/mol. The van der Waals surface area contributed by atoms with Gasteiger partial charge in [-0.1, -0.05) is 0 Å². The van der Waals surface area contributed by atoms with Crippen LogP contribution in [0.5, 0.6) is 0 Å². The van der Waals surface area contributed by atoms with Crippen LogP contribution in [0.4, 0.5) is 16.0 Å². The van der Waals surface area contributed by atoms with E-state index in [4.69, 9.17) is 14.5 Å². The van der Waals surface area contributed by atoms with Crippen LogP contribution >= 0.6 is 0 Å². The molecule has 0 radical (unpaired) electrons. The van der Waals surface area contributed by atoms with Crippen LogP contribution in [-0.2, 0) is 14.3 Å². The van der Waals surface area contributed by atoms with Gasteiger partial charge in [0.25, 0.3) is 0 Å². The van der Waals surface area contributed by atoms with E-state index in [1.54, 1.807) is 62.9 Å². The minimum absolute atomic E-state index is 0.119. The highest BCUT2D eigenvalue weighted by atomic mass is 19.1. The van der Waals surface area contributed by atoms with E-state index in [-0.39, 0.29) is 24.9 Å². The van der Waals surface area contributed by atoms with Crippen molar-refractivity contribution in [3.8, 4) is 22.6 Å². The van der Waals surface area contributed by atoms with Gasteiger partial charge in [0.1, 0.15) is 5.82 Å². The number of nitrogens with one attached hydrogen (secondary N) is 3. The van der Waals surface area contributed by atoms with Crippen LogP contribution in [0.25, 0.3) is 22.6 Å². The second kappa shape index (κ2) is 9.80. The highest BCUT2D eigenvalue weighted by molar-refractivity contribution is 5.95. The summed E-state index contributed by atoms with van der Waals surface area (Å²) in [5.74, 6) is 0.277. The highest BCUT2D eigenvalue weighted by Gasteiger charge is 2.41. The minimum Gasteiger partial charge on any atom is -0.357 e. The number of aromatic nitrogens is 5. The van der Waals surface area contributed by atoms with E-state index in [1.807, 2.05) is 0 Å². The summed E-state index contributed by atoms with van der Waals surface area (Å²) < 4.78 is 25.5. The molecule has 1 aromatic carbocycles. The number of benzene rings is 1. The number of ether oxygens (including phenoxy) is 2. The predicted octanol–water partition coefficient (Wildman–Crippen LogP) is 3.80. The van der Waals surface area contributed by atoms with Gasteiger partial charge in [0, 0.05) is 36.9 Å². The molecule has 3 N–H and O–H groups in total. The van der Waals surface area contributed by atoms with Crippen molar-refractivity contribution in [1.29, 1.82) is 0 Å². The van der Waals surface area contributed by atoms with Crippen LogP contribution in [0.1, 0.15) is 19.0 Å². The number of anilines is 2. The summed E-state index contributed by atoms with van der Waals surface area (Å²) in [6, 6.07) is 11.2. The number of carbonyl (C=O) groups is 1. The molecule has 36 heavy (non-hydrogen) atoms. The van der Waals surface area contributed by atoms with E-state index >= 15 is 0 Å². The van der Waals surface area contributed by atoms with E-state index in [2.05, 4.69) is 30.6 Å². The summed E-state index contributed by atoms with van der Waals surface area (Å²) in [4.78, 5) is 33.5. The molecule has 4 aromatic rings. The third-order valence-electron chi connectivity index (χ3n) is 5.79. The standard InChI is InChI=1S/C25H24FN7O3/c1-25(23(34)30-17-7-10-28-11-8-17)13-35-22(36-14-25)21-32-19(15-3-5-16(26)6-4-15)20(33-21)18-9-12-29-24(27-2)31-18/h3-12,22H,13-14H2,1-2H3,(H,32,33)(H,27,29,31)(H,28,30,34). The number of nitrogens with zero attached hydrogens (tertiary/aromatic N) is 4. The maximum atomic E-state index is 13.6. The number of rotatable bonds is 6. The lowest BCUT2D eigenvalue weighted by molar-refractivity contribution is -0.229. The van der Waals surface area contributed by atoms with Crippen LogP contribution in [0.15, 0.2) is 61.1 Å². The van der Waals surface area contributed by atoms with Gasteiger partial charge in [-0.25, -0.2) is 19.3 Å². The summed E-state index contributed by atoms with van der Waals surface area (Å²) in [5.41, 5.74) is 2.18. The Labute approximate surface area is 206 Å². The predicted molar refractivity (Wildman–Crippen MR) is 130 cm³/mol.